The van der Waals surface area contributed by atoms with E-state index >= 15 is 0 Å². The molecule has 3 rings (SSSR count). The van der Waals surface area contributed by atoms with E-state index in [2.05, 4.69) is 45.8 Å². The number of alkyl halides is 1. The van der Waals surface area contributed by atoms with Crippen LogP contribution in [0.2, 0.25) is 0 Å². The molecule has 0 saturated heterocycles. The Bertz CT molecular complexity index is 982. The van der Waals surface area contributed by atoms with E-state index in [0.717, 1.165) is 49.4 Å². The summed E-state index contributed by atoms with van der Waals surface area (Å²) in [6.07, 6.45) is 2.59. The van der Waals surface area contributed by atoms with Crippen LogP contribution in [0.4, 0.5) is 0 Å². The highest BCUT2D eigenvalue weighted by Crippen LogP contribution is 2.35. The van der Waals surface area contributed by atoms with Crippen molar-refractivity contribution in [3.05, 3.63) is 46.5 Å². The first-order chi connectivity index (χ1) is 15.9. The van der Waals surface area contributed by atoms with Gasteiger partial charge in [-0.1, -0.05) is 13.3 Å². The van der Waals surface area contributed by atoms with Gasteiger partial charge in [0.05, 0.1) is 33.1 Å². The van der Waals surface area contributed by atoms with Crippen LogP contribution in [0.1, 0.15) is 46.8 Å². The topological polar surface area (TPSA) is 69.3 Å². The Balaban J connectivity index is 1.85. The molecule has 33 heavy (non-hydrogen) atoms. The molecule has 1 N–H and O–H groups in total. The Kier molecular flexibility index (Phi) is 9.08. The van der Waals surface area contributed by atoms with Crippen molar-refractivity contribution in [1.29, 1.82) is 0 Å². The lowest BCUT2D eigenvalue weighted by molar-refractivity contribution is 0.0807. The molecule has 0 aromatic heterocycles. The SMILES string of the molecule is CCCC(NC(=O)c1cc(C)cc(OC)c1OCI)N1CCc2cc(OC)c(OC)cc2C1. The Morgan fingerprint density at radius 3 is 2.33 bits per heavy atom. The van der Waals surface area contributed by atoms with Gasteiger partial charge in [-0.15, -0.1) is 0 Å². The normalized spacial score (nSPS) is 14.2. The third-order valence-electron chi connectivity index (χ3n) is 5.91. The summed E-state index contributed by atoms with van der Waals surface area (Å²) in [7, 11) is 4.89. The van der Waals surface area contributed by atoms with Crippen molar-refractivity contribution in [3.8, 4) is 23.0 Å². The zero-order valence-corrected chi connectivity index (χ0v) is 22.2. The second-order valence-corrected chi connectivity index (χ2v) is 8.69. The Morgan fingerprint density at radius 1 is 1.06 bits per heavy atom. The van der Waals surface area contributed by atoms with Crippen LogP contribution in [0.3, 0.4) is 0 Å². The molecule has 1 amide bonds. The molecule has 0 bridgehead atoms. The van der Waals surface area contributed by atoms with Crippen LogP contribution in [0.5, 0.6) is 23.0 Å². The van der Waals surface area contributed by atoms with E-state index in [-0.39, 0.29) is 12.1 Å². The molecule has 1 atom stereocenters. The molecule has 0 radical (unpaired) electrons. The minimum absolute atomic E-state index is 0.0947. The predicted octanol–water partition coefficient (Wildman–Crippen LogP) is 4.71. The third-order valence-corrected chi connectivity index (χ3v) is 6.22. The number of benzene rings is 2. The van der Waals surface area contributed by atoms with Gasteiger partial charge in [-0.3, -0.25) is 9.69 Å². The van der Waals surface area contributed by atoms with Crippen LogP contribution in [-0.2, 0) is 13.0 Å². The lowest BCUT2D eigenvalue weighted by Crippen LogP contribution is -2.50. The number of methoxy groups -OCH3 is 3. The van der Waals surface area contributed by atoms with Gasteiger partial charge in [0, 0.05) is 13.1 Å². The summed E-state index contributed by atoms with van der Waals surface area (Å²) in [6, 6.07) is 7.84. The molecular formula is C25H33IN2O5. The van der Waals surface area contributed by atoms with Gasteiger partial charge < -0.3 is 24.3 Å². The first-order valence-electron chi connectivity index (χ1n) is 11.1. The van der Waals surface area contributed by atoms with E-state index in [1.165, 1.54) is 11.1 Å². The molecule has 7 nitrogen and oxygen atoms in total. The summed E-state index contributed by atoms with van der Waals surface area (Å²) < 4.78 is 22.6. The number of aryl methyl sites for hydroxylation is 1. The molecule has 1 aliphatic rings. The fourth-order valence-corrected chi connectivity index (χ4v) is 4.59. The van der Waals surface area contributed by atoms with E-state index in [0.29, 0.717) is 21.7 Å². The first kappa shape index (κ1) is 25.4. The minimum atomic E-state index is -0.159. The van der Waals surface area contributed by atoms with Crippen molar-refractivity contribution in [2.75, 3.05) is 32.5 Å². The van der Waals surface area contributed by atoms with Crippen LogP contribution in [0, 0.1) is 6.92 Å². The van der Waals surface area contributed by atoms with Crippen molar-refractivity contribution >= 4 is 28.5 Å². The summed E-state index contributed by atoms with van der Waals surface area (Å²) in [6.45, 7) is 5.65. The highest BCUT2D eigenvalue weighted by atomic mass is 127. The molecule has 180 valence electrons. The highest BCUT2D eigenvalue weighted by Gasteiger charge is 2.27. The van der Waals surface area contributed by atoms with E-state index in [4.69, 9.17) is 18.9 Å². The quantitative estimate of drug-likeness (QED) is 0.331. The monoisotopic (exact) mass is 568 g/mol. The number of halogens is 1. The number of ether oxygens (including phenoxy) is 4. The van der Waals surface area contributed by atoms with Crippen molar-refractivity contribution < 1.29 is 23.7 Å². The second kappa shape index (κ2) is 11.8. The van der Waals surface area contributed by atoms with Crippen LogP contribution in [0.25, 0.3) is 0 Å². The molecule has 2 aromatic carbocycles. The molecule has 8 heteroatoms. The highest BCUT2D eigenvalue weighted by molar-refractivity contribution is 14.1. The summed E-state index contributed by atoms with van der Waals surface area (Å²) in [5.41, 5.74) is 3.89. The fraction of sp³-hybridized carbons (Fsp3) is 0.480. The van der Waals surface area contributed by atoms with E-state index in [9.17, 15) is 4.79 Å². The van der Waals surface area contributed by atoms with Crippen molar-refractivity contribution in [3.63, 3.8) is 0 Å². The van der Waals surface area contributed by atoms with Gasteiger partial charge in [0.1, 0.15) is 4.61 Å². The van der Waals surface area contributed by atoms with Crippen molar-refractivity contribution in [1.82, 2.24) is 10.2 Å². The average Bonchev–Trinajstić information content (AvgIpc) is 2.83. The molecular weight excluding hydrogens is 535 g/mol. The largest absolute Gasteiger partial charge is 0.493 e. The van der Waals surface area contributed by atoms with Gasteiger partial charge in [-0.05, 0) is 83.3 Å². The zero-order valence-electron chi connectivity index (χ0n) is 20.0. The molecule has 1 aliphatic heterocycles. The number of carbonyl (C=O) groups excluding carboxylic acids is 1. The maximum absolute atomic E-state index is 13.4. The van der Waals surface area contributed by atoms with Crippen LogP contribution >= 0.6 is 22.6 Å². The average molecular weight is 568 g/mol. The van der Waals surface area contributed by atoms with E-state index in [1.807, 2.05) is 25.1 Å². The maximum atomic E-state index is 13.4. The Hall–Kier alpha value is -2.20. The van der Waals surface area contributed by atoms with Crippen LogP contribution in [0.15, 0.2) is 24.3 Å². The van der Waals surface area contributed by atoms with Gasteiger partial charge in [0.2, 0.25) is 0 Å². The zero-order chi connectivity index (χ0) is 24.0. The van der Waals surface area contributed by atoms with E-state index < -0.39 is 0 Å². The smallest absolute Gasteiger partial charge is 0.256 e. The summed E-state index contributed by atoms with van der Waals surface area (Å²) >= 11 is 2.12. The number of nitrogens with zero attached hydrogens (tertiary/aromatic N) is 1. The maximum Gasteiger partial charge on any atom is 0.256 e. The summed E-state index contributed by atoms with van der Waals surface area (Å²) in [5, 5.41) is 3.26. The number of rotatable bonds is 10. The van der Waals surface area contributed by atoms with Gasteiger partial charge >= 0.3 is 0 Å². The standard InChI is InChI=1S/C25H33IN2O5/c1-6-7-23(27-25(29)19-10-16(2)11-22(32-5)24(19)33-15-26)28-9-8-17-12-20(30-3)21(31-4)13-18(17)14-28/h10-13,23H,6-9,14-15H2,1-5H3,(H,27,29). The molecule has 0 saturated carbocycles. The van der Waals surface area contributed by atoms with Gasteiger partial charge in [-0.25, -0.2) is 0 Å². The lowest BCUT2D eigenvalue weighted by Gasteiger charge is -2.36. The minimum Gasteiger partial charge on any atom is -0.493 e. The van der Waals surface area contributed by atoms with Crippen LogP contribution < -0.4 is 24.3 Å². The molecule has 0 aliphatic carbocycles. The number of hydrogen-bond donors (Lipinski definition) is 1. The number of hydrogen-bond acceptors (Lipinski definition) is 6. The Morgan fingerprint density at radius 2 is 1.73 bits per heavy atom. The first-order valence-corrected chi connectivity index (χ1v) is 12.6. The Labute approximate surface area is 209 Å². The van der Waals surface area contributed by atoms with Gasteiger partial charge in [0.15, 0.2) is 23.0 Å². The molecule has 0 spiro atoms. The number of amides is 1. The van der Waals surface area contributed by atoms with Crippen molar-refractivity contribution in [2.45, 2.75) is 45.8 Å². The number of fused-ring (bicyclic) bond motifs is 1. The van der Waals surface area contributed by atoms with Gasteiger partial charge in [-0.2, -0.15) is 0 Å². The third kappa shape index (κ3) is 5.84. The van der Waals surface area contributed by atoms with Crippen LogP contribution in [-0.4, -0.2) is 49.5 Å². The number of nitrogens with one attached hydrogen (secondary N) is 1. The second-order valence-electron chi connectivity index (χ2n) is 8.07. The molecule has 0 fully saturated rings. The number of carbonyl (C=O) groups is 1. The molecule has 1 heterocycles. The molecule has 2 aromatic rings. The van der Waals surface area contributed by atoms with Crippen molar-refractivity contribution in [2.24, 2.45) is 0 Å². The molecule has 1 unspecified atom stereocenters. The summed E-state index contributed by atoms with van der Waals surface area (Å²) in [5.74, 6) is 2.36. The lowest BCUT2D eigenvalue weighted by atomic mass is 9.98. The summed E-state index contributed by atoms with van der Waals surface area (Å²) in [4.78, 5) is 15.7. The fourth-order valence-electron chi connectivity index (χ4n) is 4.28. The van der Waals surface area contributed by atoms with E-state index in [1.54, 1.807) is 21.3 Å². The van der Waals surface area contributed by atoms with Gasteiger partial charge in [0.25, 0.3) is 5.91 Å². The predicted molar refractivity (Wildman–Crippen MR) is 137 cm³/mol.